The third kappa shape index (κ3) is 5.08. The molecule has 1 rings (SSSR count). The van der Waals surface area contributed by atoms with Gasteiger partial charge in [-0.2, -0.15) is 0 Å². The van der Waals surface area contributed by atoms with Crippen molar-refractivity contribution in [1.82, 2.24) is 4.90 Å². The van der Waals surface area contributed by atoms with Crippen molar-refractivity contribution in [2.45, 2.75) is 85.9 Å². The SMILES string of the molecule is CC(C)N1C[C@H](CC(=O)OC(C)(C)C)C[C@@H]1C(C)(C)C. The third-order valence-electron chi connectivity index (χ3n) is 3.96. The van der Waals surface area contributed by atoms with Gasteiger partial charge in [0, 0.05) is 25.0 Å². The quantitative estimate of drug-likeness (QED) is 0.737. The molecule has 1 aliphatic rings. The number of hydrogen-bond donors (Lipinski definition) is 0. The van der Waals surface area contributed by atoms with Crippen LogP contribution in [0.2, 0.25) is 0 Å². The van der Waals surface area contributed by atoms with Gasteiger partial charge in [0.1, 0.15) is 5.60 Å². The summed E-state index contributed by atoms with van der Waals surface area (Å²) in [6.07, 6.45) is 1.65. The van der Waals surface area contributed by atoms with Crippen molar-refractivity contribution < 1.29 is 9.53 Å². The average Bonchev–Trinajstić information content (AvgIpc) is 2.57. The smallest absolute Gasteiger partial charge is 0.306 e. The van der Waals surface area contributed by atoms with Crippen LogP contribution in [0.25, 0.3) is 0 Å². The second kappa shape index (κ2) is 6.05. The molecule has 0 radical (unpaired) electrons. The van der Waals surface area contributed by atoms with E-state index in [-0.39, 0.29) is 17.0 Å². The molecule has 0 aromatic carbocycles. The second-order valence-corrected chi connectivity index (χ2v) is 8.56. The van der Waals surface area contributed by atoms with E-state index in [2.05, 4.69) is 39.5 Å². The fourth-order valence-corrected chi connectivity index (χ4v) is 3.14. The van der Waals surface area contributed by atoms with E-state index in [1.54, 1.807) is 0 Å². The Labute approximate surface area is 125 Å². The summed E-state index contributed by atoms with van der Waals surface area (Å²) in [6.45, 7) is 18.2. The first-order valence-electron chi connectivity index (χ1n) is 7.87. The van der Waals surface area contributed by atoms with Crippen LogP contribution in [0, 0.1) is 11.3 Å². The third-order valence-corrected chi connectivity index (χ3v) is 3.96. The topological polar surface area (TPSA) is 29.5 Å². The minimum Gasteiger partial charge on any atom is -0.460 e. The molecule has 20 heavy (non-hydrogen) atoms. The number of carbonyl (C=O) groups excluding carboxylic acids is 1. The first-order chi connectivity index (χ1) is 8.90. The summed E-state index contributed by atoms with van der Waals surface area (Å²) in [5.74, 6) is 0.372. The van der Waals surface area contributed by atoms with Gasteiger partial charge in [0.25, 0.3) is 0 Å². The molecule has 0 unspecified atom stereocenters. The summed E-state index contributed by atoms with van der Waals surface area (Å²) in [4.78, 5) is 14.6. The van der Waals surface area contributed by atoms with Gasteiger partial charge in [-0.15, -0.1) is 0 Å². The van der Waals surface area contributed by atoms with E-state index in [0.717, 1.165) is 13.0 Å². The van der Waals surface area contributed by atoms with Crippen LogP contribution in [-0.2, 0) is 9.53 Å². The number of rotatable bonds is 3. The lowest BCUT2D eigenvalue weighted by Gasteiger charge is -2.37. The lowest BCUT2D eigenvalue weighted by molar-refractivity contribution is -0.155. The lowest BCUT2D eigenvalue weighted by Crippen LogP contribution is -2.43. The summed E-state index contributed by atoms with van der Waals surface area (Å²) in [6, 6.07) is 1.08. The Morgan fingerprint density at radius 3 is 2.10 bits per heavy atom. The largest absolute Gasteiger partial charge is 0.460 e. The second-order valence-electron chi connectivity index (χ2n) is 8.56. The van der Waals surface area contributed by atoms with Gasteiger partial charge in [-0.3, -0.25) is 9.69 Å². The number of ether oxygens (including phenoxy) is 1. The Balaban J connectivity index is 2.65. The molecular weight excluding hydrogens is 250 g/mol. The average molecular weight is 283 g/mol. The van der Waals surface area contributed by atoms with Crippen LogP contribution in [0.3, 0.4) is 0 Å². The minimum atomic E-state index is -0.378. The molecule has 2 atom stereocenters. The van der Waals surface area contributed by atoms with Gasteiger partial charge in [-0.1, -0.05) is 20.8 Å². The minimum absolute atomic E-state index is 0.0548. The van der Waals surface area contributed by atoms with E-state index in [1.165, 1.54) is 0 Å². The summed E-state index contributed by atoms with van der Waals surface area (Å²) < 4.78 is 5.46. The first-order valence-corrected chi connectivity index (χ1v) is 7.87. The predicted molar refractivity (Wildman–Crippen MR) is 83.7 cm³/mol. The zero-order chi connectivity index (χ0) is 15.7. The molecule has 0 N–H and O–H groups in total. The summed E-state index contributed by atoms with van der Waals surface area (Å²) in [5, 5.41) is 0. The molecule has 0 aromatic heterocycles. The van der Waals surface area contributed by atoms with Crippen LogP contribution < -0.4 is 0 Å². The number of carbonyl (C=O) groups is 1. The van der Waals surface area contributed by atoms with Crippen molar-refractivity contribution >= 4 is 5.97 Å². The lowest BCUT2D eigenvalue weighted by atomic mass is 9.83. The molecule has 0 aromatic rings. The monoisotopic (exact) mass is 283 g/mol. The number of esters is 1. The molecule has 0 amide bonds. The predicted octanol–water partition coefficient (Wildman–Crippen LogP) is 3.86. The maximum atomic E-state index is 12.0. The fraction of sp³-hybridized carbons (Fsp3) is 0.941. The number of hydrogen-bond acceptors (Lipinski definition) is 3. The van der Waals surface area contributed by atoms with E-state index in [9.17, 15) is 4.79 Å². The molecule has 3 nitrogen and oxygen atoms in total. The Morgan fingerprint density at radius 2 is 1.75 bits per heavy atom. The molecule has 0 bridgehead atoms. The Hall–Kier alpha value is -0.570. The zero-order valence-electron chi connectivity index (χ0n) is 14.6. The number of likely N-dealkylation sites (tertiary alicyclic amines) is 1. The highest BCUT2D eigenvalue weighted by molar-refractivity contribution is 5.70. The van der Waals surface area contributed by atoms with Crippen LogP contribution >= 0.6 is 0 Å². The molecule has 0 saturated carbocycles. The van der Waals surface area contributed by atoms with Crippen LogP contribution in [0.1, 0.15) is 68.2 Å². The standard InChI is InChI=1S/C17H33NO2/c1-12(2)18-11-13(9-14(18)16(3,4)5)10-15(19)20-17(6,7)8/h12-14H,9-11H2,1-8H3/t13-,14+/m0/s1. The van der Waals surface area contributed by atoms with Gasteiger partial charge < -0.3 is 4.74 Å². The van der Waals surface area contributed by atoms with Gasteiger partial charge >= 0.3 is 5.97 Å². The Kier molecular flexibility index (Phi) is 5.29. The highest BCUT2D eigenvalue weighted by atomic mass is 16.6. The van der Waals surface area contributed by atoms with Crippen molar-refractivity contribution in [2.24, 2.45) is 11.3 Å². The molecule has 0 aliphatic carbocycles. The fourth-order valence-electron chi connectivity index (χ4n) is 3.14. The van der Waals surface area contributed by atoms with Gasteiger partial charge in [-0.25, -0.2) is 0 Å². The van der Waals surface area contributed by atoms with Gasteiger partial charge in [0.05, 0.1) is 0 Å². The molecule has 0 spiro atoms. The first kappa shape index (κ1) is 17.5. The summed E-state index contributed by atoms with van der Waals surface area (Å²) >= 11 is 0. The van der Waals surface area contributed by atoms with E-state index in [1.807, 2.05) is 20.8 Å². The molecule has 118 valence electrons. The van der Waals surface area contributed by atoms with Crippen LogP contribution in [-0.4, -0.2) is 35.1 Å². The van der Waals surface area contributed by atoms with E-state index in [4.69, 9.17) is 4.74 Å². The summed E-state index contributed by atoms with van der Waals surface area (Å²) in [7, 11) is 0. The van der Waals surface area contributed by atoms with Crippen molar-refractivity contribution in [3.05, 3.63) is 0 Å². The maximum Gasteiger partial charge on any atom is 0.306 e. The van der Waals surface area contributed by atoms with E-state index in [0.29, 0.717) is 24.4 Å². The van der Waals surface area contributed by atoms with Gasteiger partial charge in [0.15, 0.2) is 0 Å². The summed E-state index contributed by atoms with van der Waals surface area (Å²) in [5.41, 5.74) is -0.121. The highest BCUT2D eigenvalue weighted by Crippen LogP contribution is 2.38. The molecule has 1 heterocycles. The van der Waals surface area contributed by atoms with Gasteiger partial charge in [-0.05, 0) is 52.4 Å². The van der Waals surface area contributed by atoms with Crippen molar-refractivity contribution in [3.8, 4) is 0 Å². The highest BCUT2D eigenvalue weighted by Gasteiger charge is 2.40. The van der Waals surface area contributed by atoms with Gasteiger partial charge in [0.2, 0.25) is 0 Å². The molecule has 1 saturated heterocycles. The van der Waals surface area contributed by atoms with E-state index >= 15 is 0 Å². The Bertz CT molecular complexity index is 336. The zero-order valence-corrected chi connectivity index (χ0v) is 14.6. The van der Waals surface area contributed by atoms with Crippen molar-refractivity contribution in [1.29, 1.82) is 0 Å². The number of nitrogens with zero attached hydrogens (tertiary/aromatic N) is 1. The molecular formula is C17H33NO2. The van der Waals surface area contributed by atoms with Crippen LogP contribution in [0.5, 0.6) is 0 Å². The van der Waals surface area contributed by atoms with Crippen molar-refractivity contribution in [3.63, 3.8) is 0 Å². The molecule has 1 aliphatic heterocycles. The van der Waals surface area contributed by atoms with Crippen molar-refractivity contribution in [2.75, 3.05) is 6.54 Å². The van der Waals surface area contributed by atoms with E-state index < -0.39 is 0 Å². The Morgan fingerprint density at radius 1 is 1.20 bits per heavy atom. The molecule has 1 fully saturated rings. The van der Waals surface area contributed by atoms with Crippen LogP contribution in [0.15, 0.2) is 0 Å². The normalized spacial score (nSPS) is 25.2. The maximum absolute atomic E-state index is 12.0. The molecule has 3 heteroatoms. The van der Waals surface area contributed by atoms with Crippen LogP contribution in [0.4, 0.5) is 0 Å².